The summed E-state index contributed by atoms with van der Waals surface area (Å²) in [5.41, 5.74) is 1.96. The van der Waals surface area contributed by atoms with E-state index in [0.717, 1.165) is 27.1 Å². The van der Waals surface area contributed by atoms with Crippen molar-refractivity contribution in [2.24, 2.45) is 0 Å². The van der Waals surface area contributed by atoms with Crippen LogP contribution in [0.15, 0.2) is 64.6 Å². The minimum Gasteiger partial charge on any atom is -0.394 e. The molecule has 0 aliphatic carbocycles. The molecule has 3 rings (SSSR count). The van der Waals surface area contributed by atoms with Crippen LogP contribution in [0.25, 0.3) is 0 Å². The van der Waals surface area contributed by atoms with Gasteiger partial charge in [-0.25, -0.2) is 4.98 Å². The molecule has 0 fully saturated rings. The third-order valence-corrected chi connectivity index (χ3v) is 5.08. The van der Waals surface area contributed by atoms with Crippen LogP contribution in [0, 0.1) is 0 Å². The van der Waals surface area contributed by atoms with E-state index < -0.39 is 0 Å². The average Bonchev–Trinajstić information content (AvgIpc) is 3.11. The highest BCUT2D eigenvalue weighted by Gasteiger charge is 2.22. The number of pyridine rings is 1. The molecule has 0 bridgehead atoms. The van der Waals surface area contributed by atoms with E-state index in [-0.39, 0.29) is 25.2 Å². The summed E-state index contributed by atoms with van der Waals surface area (Å²) in [5.74, 6) is 1.06. The van der Waals surface area contributed by atoms with E-state index in [1.807, 2.05) is 36.4 Å². The van der Waals surface area contributed by atoms with Crippen LogP contribution in [0.3, 0.4) is 0 Å². The number of ether oxygens (including phenoxy) is 1. The summed E-state index contributed by atoms with van der Waals surface area (Å²) in [7, 11) is 0. The topological polar surface area (TPSA) is 71.0 Å². The number of benzene rings is 1. The van der Waals surface area contributed by atoms with E-state index in [9.17, 15) is 5.11 Å². The van der Waals surface area contributed by atoms with Crippen molar-refractivity contribution in [3.8, 4) is 0 Å². The highest BCUT2D eigenvalue weighted by atomic mass is 32.2. The fourth-order valence-corrected chi connectivity index (χ4v) is 3.83. The Balaban J connectivity index is 1.88. The van der Waals surface area contributed by atoms with Gasteiger partial charge in [0, 0.05) is 23.2 Å². The Bertz CT molecular complexity index is 822. The number of H-pyrrole nitrogens is 1. The number of nitrogens with one attached hydrogen (secondary N) is 1. The van der Waals surface area contributed by atoms with Crippen molar-refractivity contribution in [3.63, 3.8) is 0 Å². The molecule has 5 nitrogen and oxygen atoms in total. The second-order valence-electron chi connectivity index (χ2n) is 6.51. The second kappa shape index (κ2) is 9.69. The lowest BCUT2D eigenvalue weighted by Crippen LogP contribution is -2.13. The second-order valence-corrected chi connectivity index (χ2v) is 7.60. The van der Waals surface area contributed by atoms with Crippen molar-refractivity contribution in [1.82, 2.24) is 15.0 Å². The number of aromatic amines is 1. The first kappa shape index (κ1) is 19.6. The largest absolute Gasteiger partial charge is 0.394 e. The molecule has 1 aromatic carbocycles. The number of hydrogen-bond donors (Lipinski definition) is 2. The van der Waals surface area contributed by atoms with Crippen LogP contribution in [0.1, 0.15) is 43.1 Å². The first-order chi connectivity index (χ1) is 13.2. The Labute approximate surface area is 164 Å². The van der Waals surface area contributed by atoms with E-state index in [4.69, 9.17) is 9.72 Å². The lowest BCUT2D eigenvalue weighted by atomic mass is 10.1. The van der Waals surface area contributed by atoms with Gasteiger partial charge in [0.15, 0.2) is 0 Å². The minimum atomic E-state index is -0.283. The van der Waals surface area contributed by atoms with E-state index >= 15 is 0 Å². The van der Waals surface area contributed by atoms with E-state index in [1.54, 1.807) is 18.0 Å². The van der Waals surface area contributed by atoms with Crippen molar-refractivity contribution in [2.45, 2.75) is 42.2 Å². The van der Waals surface area contributed by atoms with Crippen molar-refractivity contribution in [1.29, 1.82) is 0 Å². The standard InChI is InChI=1S/C21H25N3O2S/c1-15(2)19-21(27-17-9-4-3-5-10-17)24-20(23-19)18(26-13-12-25)14-16-8-6-7-11-22-16/h3-11,15,18,25H,12-14H2,1-2H3,(H,23,24). The molecule has 6 heteroatoms. The third-order valence-electron chi connectivity index (χ3n) is 4.06. The Morgan fingerprint density at radius 1 is 1.11 bits per heavy atom. The number of rotatable bonds is 9. The Kier molecular flexibility index (Phi) is 7.04. The number of aliphatic hydroxyl groups excluding tert-OH is 1. The van der Waals surface area contributed by atoms with Gasteiger partial charge in [-0.2, -0.15) is 0 Å². The van der Waals surface area contributed by atoms with Gasteiger partial charge in [-0.15, -0.1) is 0 Å². The SMILES string of the molecule is CC(C)c1nc(C(Cc2ccccn2)OCCO)[nH]c1Sc1ccccc1. The Morgan fingerprint density at radius 2 is 1.89 bits per heavy atom. The summed E-state index contributed by atoms with van der Waals surface area (Å²) in [6.07, 6.45) is 2.09. The van der Waals surface area contributed by atoms with Crippen LogP contribution in [0.2, 0.25) is 0 Å². The average molecular weight is 384 g/mol. The maximum Gasteiger partial charge on any atom is 0.136 e. The van der Waals surface area contributed by atoms with E-state index in [2.05, 4.69) is 35.9 Å². The van der Waals surface area contributed by atoms with Gasteiger partial charge in [0.25, 0.3) is 0 Å². The lowest BCUT2D eigenvalue weighted by Gasteiger charge is -2.15. The molecule has 0 saturated heterocycles. The first-order valence-electron chi connectivity index (χ1n) is 9.12. The summed E-state index contributed by atoms with van der Waals surface area (Å²) in [6, 6.07) is 16.1. The van der Waals surface area contributed by atoms with Crippen LogP contribution >= 0.6 is 11.8 Å². The summed E-state index contributed by atoms with van der Waals surface area (Å²) >= 11 is 1.67. The highest BCUT2D eigenvalue weighted by molar-refractivity contribution is 7.99. The third kappa shape index (κ3) is 5.42. The fourth-order valence-electron chi connectivity index (χ4n) is 2.76. The molecule has 27 heavy (non-hydrogen) atoms. The molecule has 0 amide bonds. The molecular weight excluding hydrogens is 358 g/mol. The summed E-state index contributed by atoms with van der Waals surface area (Å²) in [5, 5.41) is 10.2. The molecule has 2 aromatic heterocycles. The van der Waals surface area contributed by atoms with Gasteiger partial charge in [-0.05, 0) is 30.2 Å². The molecule has 2 N–H and O–H groups in total. The number of imidazole rings is 1. The fraction of sp³-hybridized carbons (Fsp3) is 0.333. The van der Waals surface area contributed by atoms with Gasteiger partial charge in [0.2, 0.25) is 0 Å². The number of aromatic nitrogens is 3. The van der Waals surface area contributed by atoms with Crippen molar-refractivity contribution < 1.29 is 9.84 Å². The lowest BCUT2D eigenvalue weighted by molar-refractivity contribution is 0.0229. The molecule has 0 radical (unpaired) electrons. The van der Waals surface area contributed by atoms with E-state index in [1.165, 1.54) is 0 Å². The zero-order chi connectivity index (χ0) is 19.1. The van der Waals surface area contributed by atoms with Crippen molar-refractivity contribution in [3.05, 3.63) is 71.9 Å². The van der Waals surface area contributed by atoms with Crippen molar-refractivity contribution >= 4 is 11.8 Å². The number of aliphatic hydroxyl groups is 1. The minimum absolute atomic E-state index is 0.0257. The highest BCUT2D eigenvalue weighted by Crippen LogP contribution is 2.34. The number of nitrogens with zero attached hydrogens (tertiary/aromatic N) is 2. The molecule has 1 unspecified atom stereocenters. The predicted molar refractivity (Wildman–Crippen MR) is 107 cm³/mol. The van der Waals surface area contributed by atoms with Crippen LogP contribution in [0.5, 0.6) is 0 Å². The van der Waals surface area contributed by atoms with Gasteiger partial charge in [-0.1, -0.05) is 49.9 Å². The zero-order valence-corrected chi connectivity index (χ0v) is 16.4. The van der Waals surface area contributed by atoms with Crippen LogP contribution in [-0.2, 0) is 11.2 Å². The smallest absolute Gasteiger partial charge is 0.136 e. The molecule has 0 spiro atoms. The van der Waals surface area contributed by atoms with Gasteiger partial charge in [0.1, 0.15) is 17.0 Å². The predicted octanol–water partition coefficient (Wildman–Crippen LogP) is 4.37. The van der Waals surface area contributed by atoms with Gasteiger partial charge in [-0.3, -0.25) is 4.98 Å². The van der Waals surface area contributed by atoms with Crippen LogP contribution < -0.4 is 0 Å². The van der Waals surface area contributed by atoms with Crippen molar-refractivity contribution in [2.75, 3.05) is 13.2 Å². The molecule has 3 aromatic rings. The maximum atomic E-state index is 9.20. The summed E-state index contributed by atoms with van der Waals surface area (Å²) in [6.45, 7) is 4.51. The molecule has 0 aliphatic heterocycles. The molecule has 142 valence electrons. The van der Waals surface area contributed by atoms with Gasteiger partial charge >= 0.3 is 0 Å². The molecule has 2 heterocycles. The number of hydrogen-bond acceptors (Lipinski definition) is 5. The molecule has 1 atom stereocenters. The van der Waals surface area contributed by atoms with Crippen LogP contribution in [0.4, 0.5) is 0 Å². The Hall–Kier alpha value is -2.15. The van der Waals surface area contributed by atoms with Crippen LogP contribution in [-0.4, -0.2) is 33.3 Å². The molecule has 0 aliphatic rings. The van der Waals surface area contributed by atoms with E-state index in [0.29, 0.717) is 6.42 Å². The quantitative estimate of drug-likeness (QED) is 0.574. The first-order valence-corrected chi connectivity index (χ1v) is 9.94. The molecule has 0 saturated carbocycles. The van der Waals surface area contributed by atoms with Gasteiger partial charge in [0.05, 0.1) is 18.9 Å². The Morgan fingerprint density at radius 3 is 2.56 bits per heavy atom. The monoisotopic (exact) mass is 383 g/mol. The zero-order valence-electron chi connectivity index (χ0n) is 15.6. The summed E-state index contributed by atoms with van der Waals surface area (Å²) < 4.78 is 5.89. The normalized spacial score (nSPS) is 12.4. The maximum absolute atomic E-state index is 9.20. The van der Waals surface area contributed by atoms with Gasteiger partial charge < -0.3 is 14.8 Å². The summed E-state index contributed by atoms with van der Waals surface area (Å²) in [4.78, 5) is 13.9. The molecular formula is C21H25N3O2S.